The van der Waals surface area contributed by atoms with E-state index in [0.29, 0.717) is 23.2 Å². The van der Waals surface area contributed by atoms with E-state index in [2.05, 4.69) is 34.0 Å². The fourth-order valence-electron chi connectivity index (χ4n) is 2.34. The van der Waals surface area contributed by atoms with Crippen LogP contribution in [0.2, 0.25) is 0 Å². The third kappa shape index (κ3) is 3.38. The zero-order valence-corrected chi connectivity index (χ0v) is 12.0. The summed E-state index contributed by atoms with van der Waals surface area (Å²) in [5.74, 6) is 0.643. The van der Waals surface area contributed by atoms with Crippen LogP contribution in [-0.2, 0) is 6.54 Å². The molecule has 0 spiro atoms. The van der Waals surface area contributed by atoms with Crippen molar-refractivity contribution in [1.29, 1.82) is 0 Å². The van der Waals surface area contributed by atoms with Gasteiger partial charge in [0.05, 0.1) is 6.54 Å². The molecular weight excluding hydrogens is 248 g/mol. The standard InChI is InChI=1S/C12H22N4OS/c1-3-13-8-10-15-16-11(17-10)14-9-12(18-2)6-4-5-7-12/h13H,3-9H2,1-2H3,(H,14,16). The van der Waals surface area contributed by atoms with E-state index in [1.807, 2.05) is 11.8 Å². The predicted molar refractivity (Wildman–Crippen MR) is 74.9 cm³/mol. The number of anilines is 1. The first-order valence-corrected chi connectivity index (χ1v) is 7.82. The maximum absolute atomic E-state index is 5.53. The summed E-state index contributed by atoms with van der Waals surface area (Å²) in [6, 6.07) is 0.545. The van der Waals surface area contributed by atoms with Crippen molar-refractivity contribution in [3.8, 4) is 0 Å². The van der Waals surface area contributed by atoms with Gasteiger partial charge in [0.15, 0.2) is 0 Å². The molecular formula is C12H22N4OS. The van der Waals surface area contributed by atoms with Gasteiger partial charge in [0.2, 0.25) is 5.89 Å². The molecule has 1 fully saturated rings. The lowest BCUT2D eigenvalue weighted by Gasteiger charge is -2.26. The van der Waals surface area contributed by atoms with Gasteiger partial charge in [-0.25, -0.2) is 0 Å². The Labute approximate surface area is 112 Å². The molecule has 102 valence electrons. The smallest absolute Gasteiger partial charge is 0.315 e. The number of rotatable bonds is 7. The molecule has 0 amide bonds. The van der Waals surface area contributed by atoms with Gasteiger partial charge in [0, 0.05) is 11.3 Å². The van der Waals surface area contributed by atoms with Gasteiger partial charge in [-0.05, 0) is 25.6 Å². The minimum atomic E-state index is 0.357. The van der Waals surface area contributed by atoms with Crippen LogP contribution in [-0.4, -0.2) is 34.3 Å². The molecule has 5 nitrogen and oxygen atoms in total. The average molecular weight is 270 g/mol. The highest BCUT2D eigenvalue weighted by Gasteiger charge is 2.33. The van der Waals surface area contributed by atoms with Crippen LogP contribution in [0.4, 0.5) is 6.01 Å². The molecule has 2 rings (SSSR count). The minimum Gasteiger partial charge on any atom is -0.407 e. The van der Waals surface area contributed by atoms with Crippen LogP contribution in [0, 0.1) is 0 Å². The van der Waals surface area contributed by atoms with Crippen molar-refractivity contribution in [2.75, 3.05) is 24.7 Å². The number of nitrogens with one attached hydrogen (secondary N) is 2. The Hall–Kier alpha value is -0.750. The van der Waals surface area contributed by atoms with E-state index in [1.165, 1.54) is 25.7 Å². The molecule has 1 aromatic heterocycles. The van der Waals surface area contributed by atoms with Crippen LogP contribution in [0.5, 0.6) is 0 Å². The van der Waals surface area contributed by atoms with E-state index < -0.39 is 0 Å². The molecule has 1 aromatic rings. The van der Waals surface area contributed by atoms with Gasteiger partial charge in [-0.3, -0.25) is 0 Å². The first-order valence-electron chi connectivity index (χ1n) is 6.60. The van der Waals surface area contributed by atoms with E-state index in [-0.39, 0.29) is 0 Å². The van der Waals surface area contributed by atoms with E-state index in [0.717, 1.165) is 13.1 Å². The Bertz CT molecular complexity index is 363. The fraction of sp³-hybridized carbons (Fsp3) is 0.833. The van der Waals surface area contributed by atoms with Crippen LogP contribution in [0.1, 0.15) is 38.5 Å². The number of hydrogen-bond donors (Lipinski definition) is 2. The fourth-order valence-corrected chi connectivity index (χ4v) is 3.25. The monoisotopic (exact) mass is 270 g/mol. The van der Waals surface area contributed by atoms with Crippen molar-refractivity contribution in [1.82, 2.24) is 15.5 Å². The quantitative estimate of drug-likeness (QED) is 0.792. The Morgan fingerprint density at radius 2 is 2.11 bits per heavy atom. The summed E-state index contributed by atoms with van der Waals surface area (Å²) in [7, 11) is 0. The van der Waals surface area contributed by atoms with Crippen molar-refractivity contribution in [3.05, 3.63) is 5.89 Å². The van der Waals surface area contributed by atoms with Crippen LogP contribution >= 0.6 is 11.8 Å². The molecule has 1 saturated carbocycles. The average Bonchev–Trinajstić information content (AvgIpc) is 3.04. The highest BCUT2D eigenvalue weighted by Crippen LogP contribution is 2.40. The molecule has 6 heteroatoms. The topological polar surface area (TPSA) is 63.0 Å². The normalized spacial score (nSPS) is 18.1. The number of thioether (sulfide) groups is 1. The maximum atomic E-state index is 5.53. The van der Waals surface area contributed by atoms with E-state index >= 15 is 0 Å². The molecule has 0 saturated heterocycles. The zero-order valence-electron chi connectivity index (χ0n) is 11.2. The number of aromatic nitrogens is 2. The van der Waals surface area contributed by atoms with Crippen LogP contribution in [0.15, 0.2) is 4.42 Å². The van der Waals surface area contributed by atoms with Gasteiger partial charge < -0.3 is 15.1 Å². The van der Waals surface area contributed by atoms with Crippen LogP contribution in [0.3, 0.4) is 0 Å². The largest absolute Gasteiger partial charge is 0.407 e. The summed E-state index contributed by atoms with van der Waals surface area (Å²) in [5, 5.41) is 14.5. The molecule has 0 aromatic carbocycles. The predicted octanol–water partition coefficient (Wildman–Crippen LogP) is 2.27. The molecule has 1 aliphatic carbocycles. The maximum Gasteiger partial charge on any atom is 0.315 e. The summed E-state index contributed by atoms with van der Waals surface area (Å²) in [5.41, 5.74) is 0. The third-order valence-corrected chi connectivity index (χ3v) is 4.92. The second-order valence-electron chi connectivity index (χ2n) is 4.73. The highest BCUT2D eigenvalue weighted by molar-refractivity contribution is 8.00. The third-order valence-electron chi connectivity index (χ3n) is 3.50. The van der Waals surface area contributed by atoms with Crippen molar-refractivity contribution in [3.63, 3.8) is 0 Å². The molecule has 0 aliphatic heterocycles. The lowest BCUT2D eigenvalue weighted by Crippen LogP contribution is -2.30. The summed E-state index contributed by atoms with van der Waals surface area (Å²) < 4.78 is 5.89. The van der Waals surface area contributed by atoms with Gasteiger partial charge in [-0.1, -0.05) is 24.9 Å². The van der Waals surface area contributed by atoms with Crippen molar-refractivity contribution >= 4 is 17.8 Å². The molecule has 18 heavy (non-hydrogen) atoms. The Balaban J connectivity index is 1.83. The molecule has 0 bridgehead atoms. The Morgan fingerprint density at radius 1 is 1.33 bits per heavy atom. The summed E-state index contributed by atoms with van der Waals surface area (Å²) in [6.45, 7) is 4.51. The second-order valence-corrected chi connectivity index (χ2v) is 6.00. The highest BCUT2D eigenvalue weighted by atomic mass is 32.2. The van der Waals surface area contributed by atoms with Crippen molar-refractivity contribution in [2.45, 2.75) is 43.9 Å². The Kier molecular flexibility index (Phi) is 4.88. The molecule has 1 aliphatic rings. The molecule has 0 unspecified atom stereocenters. The van der Waals surface area contributed by atoms with Gasteiger partial charge in [0.1, 0.15) is 0 Å². The van der Waals surface area contributed by atoms with E-state index in [4.69, 9.17) is 4.42 Å². The summed E-state index contributed by atoms with van der Waals surface area (Å²) in [6.07, 6.45) is 7.41. The molecule has 1 heterocycles. The van der Waals surface area contributed by atoms with Gasteiger partial charge in [0.25, 0.3) is 0 Å². The van der Waals surface area contributed by atoms with Crippen molar-refractivity contribution in [2.24, 2.45) is 0 Å². The van der Waals surface area contributed by atoms with Crippen LogP contribution in [0.25, 0.3) is 0 Å². The number of nitrogens with zero attached hydrogens (tertiary/aromatic N) is 2. The molecule has 0 radical (unpaired) electrons. The van der Waals surface area contributed by atoms with Crippen molar-refractivity contribution < 1.29 is 4.42 Å². The van der Waals surface area contributed by atoms with Gasteiger partial charge >= 0.3 is 6.01 Å². The van der Waals surface area contributed by atoms with Crippen LogP contribution < -0.4 is 10.6 Å². The first-order chi connectivity index (χ1) is 8.78. The summed E-state index contributed by atoms with van der Waals surface area (Å²) in [4.78, 5) is 0. The SMILES string of the molecule is CCNCc1nnc(NCC2(SC)CCCC2)o1. The van der Waals surface area contributed by atoms with Gasteiger partial charge in [-0.15, -0.1) is 5.10 Å². The number of hydrogen-bond acceptors (Lipinski definition) is 6. The first kappa shape index (κ1) is 13.7. The van der Waals surface area contributed by atoms with E-state index in [1.54, 1.807) is 0 Å². The molecule has 0 atom stereocenters. The minimum absolute atomic E-state index is 0.357. The lowest BCUT2D eigenvalue weighted by atomic mass is 10.1. The Morgan fingerprint density at radius 3 is 2.78 bits per heavy atom. The zero-order chi connectivity index (χ0) is 12.8. The lowest BCUT2D eigenvalue weighted by molar-refractivity contribution is 0.478. The summed E-state index contributed by atoms with van der Waals surface area (Å²) >= 11 is 1.96. The second kappa shape index (κ2) is 6.43. The van der Waals surface area contributed by atoms with E-state index in [9.17, 15) is 0 Å². The van der Waals surface area contributed by atoms with Gasteiger partial charge in [-0.2, -0.15) is 11.8 Å². The molecule has 2 N–H and O–H groups in total.